The first-order valence-corrected chi connectivity index (χ1v) is 18.9. The summed E-state index contributed by atoms with van der Waals surface area (Å²) in [5.41, 5.74) is 15.8. The van der Waals surface area contributed by atoms with E-state index in [1.807, 2.05) is 36.4 Å². The Morgan fingerprint density at radius 2 is 1.12 bits per heavy atom. The molecule has 0 saturated heterocycles. The molecule has 0 unspecified atom stereocenters. The average molecular weight is 684 g/mol. The van der Waals surface area contributed by atoms with Crippen LogP contribution in [0.1, 0.15) is 96.1 Å². The number of amides is 1. The van der Waals surface area contributed by atoms with Crippen LogP contribution in [-0.4, -0.2) is 63.3 Å². The fourth-order valence-electron chi connectivity index (χ4n) is 8.72. The molecule has 2 heterocycles. The van der Waals surface area contributed by atoms with Gasteiger partial charge in [-0.1, -0.05) is 72.8 Å². The maximum Gasteiger partial charge on any atom is 0.248 e. The third kappa shape index (κ3) is 8.86. The predicted octanol–water partition coefficient (Wildman–Crippen LogP) is 8.38. The molecule has 2 aliphatic carbocycles. The standard InChI is InChI=1S/C43H53N7O/c1-49(28-37-24-41(47-45-37)34-9-5-3-6-10-34)26-30-13-17-32(18-14-30)36-21-22-39(40(23-36)43(44)51)33-19-15-31(16-20-33)27-50(2)29-38-25-42(48-46-38)35-11-7-4-8-12-35/h3-12,21-25,30-33H,13-20,26-29H2,1-2H3,(H2,44,51)(H,45,47)(H,46,48). The average Bonchev–Trinajstić information content (AvgIpc) is 3.83. The highest BCUT2D eigenvalue weighted by Gasteiger charge is 2.28. The minimum Gasteiger partial charge on any atom is -0.366 e. The van der Waals surface area contributed by atoms with E-state index in [0.717, 1.165) is 96.9 Å². The van der Waals surface area contributed by atoms with E-state index in [0.29, 0.717) is 23.7 Å². The van der Waals surface area contributed by atoms with Gasteiger partial charge in [-0.3, -0.25) is 15.0 Å². The molecule has 8 nitrogen and oxygen atoms in total. The smallest absolute Gasteiger partial charge is 0.248 e. The molecule has 1 amide bonds. The number of rotatable bonds is 13. The van der Waals surface area contributed by atoms with E-state index >= 15 is 0 Å². The van der Waals surface area contributed by atoms with Gasteiger partial charge in [0, 0.05) is 54.3 Å². The monoisotopic (exact) mass is 683 g/mol. The Morgan fingerprint density at radius 3 is 1.59 bits per heavy atom. The molecular weight excluding hydrogens is 631 g/mol. The van der Waals surface area contributed by atoms with Crippen molar-refractivity contribution in [1.29, 1.82) is 0 Å². The Hall–Kier alpha value is -4.53. The van der Waals surface area contributed by atoms with Crippen LogP contribution < -0.4 is 5.73 Å². The van der Waals surface area contributed by atoms with Crippen LogP contribution in [0.5, 0.6) is 0 Å². The third-order valence-electron chi connectivity index (χ3n) is 11.4. The Bertz CT molecular complexity index is 1850. The minimum absolute atomic E-state index is 0.285. The van der Waals surface area contributed by atoms with Crippen molar-refractivity contribution in [1.82, 2.24) is 30.2 Å². The molecule has 2 saturated carbocycles. The van der Waals surface area contributed by atoms with Crippen molar-refractivity contribution in [2.24, 2.45) is 17.6 Å². The van der Waals surface area contributed by atoms with Gasteiger partial charge >= 0.3 is 0 Å². The first kappa shape index (κ1) is 34.9. The molecule has 51 heavy (non-hydrogen) atoms. The van der Waals surface area contributed by atoms with Crippen molar-refractivity contribution in [3.05, 3.63) is 119 Å². The number of nitrogens with two attached hydrogens (primary N) is 1. The molecule has 0 aliphatic heterocycles. The highest BCUT2D eigenvalue weighted by molar-refractivity contribution is 5.94. The summed E-state index contributed by atoms with van der Waals surface area (Å²) < 4.78 is 0. The molecule has 0 radical (unpaired) electrons. The topological polar surface area (TPSA) is 107 Å². The molecule has 2 aliphatic rings. The second-order valence-electron chi connectivity index (χ2n) is 15.3. The van der Waals surface area contributed by atoms with E-state index in [1.54, 1.807) is 0 Å². The molecule has 2 fully saturated rings. The van der Waals surface area contributed by atoms with Crippen molar-refractivity contribution >= 4 is 5.91 Å². The summed E-state index contributed by atoms with van der Waals surface area (Å²) in [5, 5.41) is 15.5. The zero-order valence-corrected chi connectivity index (χ0v) is 30.2. The van der Waals surface area contributed by atoms with Crippen LogP contribution in [0, 0.1) is 11.8 Å². The fraction of sp³-hybridized carbons (Fsp3) is 0.419. The number of benzene rings is 3. The van der Waals surface area contributed by atoms with Crippen molar-refractivity contribution < 1.29 is 4.79 Å². The number of H-pyrrole nitrogens is 2. The van der Waals surface area contributed by atoms with Crippen LogP contribution in [0.25, 0.3) is 22.5 Å². The predicted molar refractivity (Wildman–Crippen MR) is 205 cm³/mol. The number of carbonyl (C=O) groups excluding carboxylic acids is 1. The van der Waals surface area contributed by atoms with E-state index in [1.165, 1.54) is 31.2 Å². The molecule has 0 atom stereocenters. The molecule has 3 aromatic carbocycles. The molecule has 0 bridgehead atoms. The Labute approximate surface area is 302 Å². The molecule has 0 spiro atoms. The molecule has 8 heteroatoms. The Balaban J connectivity index is 0.873. The SMILES string of the molecule is CN(Cc1cc(-c2ccccc2)n[nH]1)CC1CCC(c2ccc(C3CCC(CN(C)Cc4cc(-c5ccccc5)n[nH]4)CC3)c(C(N)=O)c2)CC1. The molecule has 4 N–H and O–H groups in total. The maximum atomic E-state index is 12.8. The summed E-state index contributed by atoms with van der Waals surface area (Å²) in [4.78, 5) is 17.6. The highest BCUT2D eigenvalue weighted by Crippen LogP contribution is 2.41. The molecule has 5 aromatic rings. The van der Waals surface area contributed by atoms with Crippen molar-refractivity contribution in [3.63, 3.8) is 0 Å². The summed E-state index contributed by atoms with van der Waals surface area (Å²) in [6.07, 6.45) is 9.25. The van der Waals surface area contributed by atoms with Gasteiger partial charge in [-0.2, -0.15) is 10.2 Å². The van der Waals surface area contributed by atoms with E-state index in [4.69, 9.17) is 5.73 Å². The van der Waals surface area contributed by atoms with Crippen LogP contribution in [0.15, 0.2) is 91.0 Å². The number of primary amides is 1. The Morgan fingerprint density at radius 1 is 0.647 bits per heavy atom. The zero-order valence-electron chi connectivity index (χ0n) is 30.2. The summed E-state index contributed by atoms with van der Waals surface area (Å²) in [6, 6.07) is 31.6. The van der Waals surface area contributed by atoms with Gasteiger partial charge in [0.05, 0.1) is 11.4 Å². The van der Waals surface area contributed by atoms with Crippen molar-refractivity contribution in [3.8, 4) is 22.5 Å². The van der Waals surface area contributed by atoms with Crippen LogP contribution in [0.2, 0.25) is 0 Å². The lowest BCUT2D eigenvalue weighted by atomic mass is 9.75. The quantitative estimate of drug-likeness (QED) is 0.116. The molecule has 7 rings (SSSR count). The number of nitrogens with zero attached hydrogens (tertiary/aromatic N) is 4. The number of hydrogen-bond donors (Lipinski definition) is 3. The molecule has 266 valence electrons. The van der Waals surface area contributed by atoms with Gasteiger partial charge in [0.25, 0.3) is 0 Å². The van der Waals surface area contributed by atoms with Crippen LogP contribution in [0.4, 0.5) is 0 Å². The summed E-state index contributed by atoms with van der Waals surface area (Å²) in [7, 11) is 4.41. The lowest BCUT2D eigenvalue weighted by Gasteiger charge is -2.33. The summed E-state index contributed by atoms with van der Waals surface area (Å²) >= 11 is 0. The summed E-state index contributed by atoms with van der Waals surface area (Å²) in [6.45, 7) is 3.86. The number of carbonyl (C=O) groups is 1. The van der Waals surface area contributed by atoms with Gasteiger partial charge in [-0.25, -0.2) is 0 Å². The number of aromatic nitrogens is 4. The molecule has 2 aromatic heterocycles. The zero-order chi connectivity index (χ0) is 35.2. The minimum atomic E-state index is -0.285. The lowest BCUT2D eigenvalue weighted by Crippen LogP contribution is -2.29. The number of nitrogens with one attached hydrogen (secondary N) is 2. The lowest BCUT2D eigenvalue weighted by molar-refractivity contribution is 0.0998. The largest absolute Gasteiger partial charge is 0.366 e. The number of hydrogen-bond acceptors (Lipinski definition) is 5. The third-order valence-corrected chi connectivity index (χ3v) is 11.4. The normalized spacial score (nSPS) is 20.9. The first-order chi connectivity index (χ1) is 24.9. The van der Waals surface area contributed by atoms with E-state index in [-0.39, 0.29) is 5.91 Å². The van der Waals surface area contributed by atoms with Gasteiger partial charge in [0.2, 0.25) is 5.91 Å². The van der Waals surface area contributed by atoms with E-state index < -0.39 is 0 Å². The second kappa shape index (κ2) is 16.2. The molecular formula is C43H53N7O. The van der Waals surface area contributed by atoms with E-state index in [2.05, 4.69) is 98.9 Å². The van der Waals surface area contributed by atoms with Crippen LogP contribution in [0.3, 0.4) is 0 Å². The van der Waals surface area contributed by atoms with Crippen LogP contribution >= 0.6 is 0 Å². The highest BCUT2D eigenvalue weighted by atomic mass is 16.1. The van der Waals surface area contributed by atoms with E-state index in [9.17, 15) is 4.79 Å². The van der Waals surface area contributed by atoms with Gasteiger partial charge < -0.3 is 15.5 Å². The van der Waals surface area contributed by atoms with Gasteiger partial charge in [-0.05, 0) is 118 Å². The van der Waals surface area contributed by atoms with Gasteiger partial charge in [0.1, 0.15) is 0 Å². The van der Waals surface area contributed by atoms with Gasteiger partial charge in [-0.15, -0.1) is 0 Å². The van der Waals surface area contributed by atoms with Crippen molar-refractivity contribution in [2.75, 3.05) is 27.2 Å². The summed E-state index contributed by atoms with van der Waals surface area (Å²) in [5.74, 6) is 1.93. The Kier molecular flexibility index (Phi) is 11.1. The van der Waals surface area contributed by atoms with Crippen LogP contribution in [-0.2, 0) is 13.1 Å². The number of aromatic amines is 2. The fourth-order valence-corrected chi connectivity index (χ4v) is 8.72. The second-order valence-corrected chi connectivity index (χ2v) is 15.3. The first-order valence-electron chi connectivity index (χ1n) is 18.9. The van der Waals surface area contributed by atoms with Gasteiger partial charge in [0.15, 0.2) is 0 Å². The maximum absolute atomic E-state index is 12.8. The van der Waals surface area contributed by atoms with Crippen molar-refractivity contribution in [2.45, 2.75) is 76.3 Å².